The summed E-state index contributed by atoms with van der Waals surface area (Å²) in [6.07, 6.45) is 7.64. The lowest BCUT2D eigenvalue weighted by molar-refractivity contribution is 0.0949. The highest BCUT2D eigenvalue weighted by Gasteiger charge is 2.15. The second kappa shape index (κ2) is 16.7. The van der Waals surface area contributed by atoms with Crippen molar-refractivity contribution in [2.75, 3.05) is 37.7 Å². The predicted octanol–water partition coefficient (Wildman–Crippen LogP) is 5.24. The molecule has 1 aromatic heterocycles. The van der Waals surface area contributed by atoms with Crippen LogP contribution in [0.25, 0.3) is 0 Å². The summed E-state index contributed by atoms with van der Waals surface area (Å²) in [4.78, 5) is 19.9. The van der Waals surface area contributed by atoms with Gasteiger partial charge in [0.05, 0.1) is 6.61 Å². The molecular formula is C31H43ClN6O2. The van der Waals surface area contributed by atoms with Gasteiger partial charge in [0.15, 0.2) is 22.5 Å². The molecule has 2 aromatic carbocycles. The van der Waals surface area contributed by atoms with E-state index in [0.717, 1.165) is 43.9 Å². The summed E-state index contributed by atoms with van der Waals surface area (Å²) in [5.41, 5.74) is 15.3. The van der Waals surface area contributed by atoms with Crippen LogP contribution in [-0.4, -0.2) is 42.1 Å². The molecule has 6 N–H and O–H groups in total. The van der Waals surface area contributed by atoms with Gasteiger partial charge in [-0.15, -0.1) is 0 Å². The quantitative estimate of drug-likeness (QED) is 0.164. The van der Waals surface area contributed by atoms with Crippen molar-refractivity contribution in [2.24, 2.45) is 5.92 Å². The minimum Gasteiger partial charge on any atom is -0.494 e. The van der Waals surface area contributed by atoms with Crippen molar-refractivity contribution in [2.45, 2.75) is 58.8 Å². The molecule has 1 unspecified atom stereocenters. The van der Waals surface area contributed by atoms with E-state index in [1.54, 1.807) is 0 Å². The molecule has 0 aliphatic heterocycles. The van der Waals surface area contributed by atoms with Gasteiger partial charge in [-0.1, -0.05) is 68.3 Å². The molecule has 3 aromatic rings. The third-order valence-corrected chi connectivity index (χ3v) is 7.25. The molecule has 3 rings (SSSR count). The number of aryl methyl sites for hydroxylation is 3. The van der Waals surface area contributed by atoms with Crippen LogP contribution < -0.4 is 26.8 Å². The maximum absolute atomic E-state index is 12.2. The Kier molecular flexibility index (Phi) is 13.0. The molecule has 0 aliphatic rings. The van der Waals surface area contributed by atoms with Crippen LogP contribution >= 0.6 is 11.6 Å². The number of nitrogens with one attached hydrogen (secondary N) is 2. The molecule has 0 aliphatic carbocycles. The van der Waals surface area contributed by atoms with Crippen LogP contribution in [0.2, 0.25) is 5.15 Å². The van der Waals surface area contributed by atoms with Crippen molar-refractivity contribution in [3.63, 3.8) is 0 Å². The van der Waals surface area contributed by atoms with Gasteiger partial charge in [0.2, 0.25) is 0 Å². The number of carbonyl (C=O) groups excluding carboxylic acids is 1. The maximum Gasteiger partial charge on any atom is 0.273 e. The summed E-state index contributed by atoms with van der Waals surface area (Å²) in [6.45, 7) is 7.18. The van der Waals surface area contributed by atoms with E-state index in [1.807, 2.05) is 12.1 Å². The van der Waals surface area contributed by atoms with Crippen molar-refractivity contribution in [3.05, 3.63) is 76.1 Å². The van der Waals surface area contributed by atoms with E-state index in [2.05, 4.69) is 70.8 Å². The molecule has 40 heavy (non-hydrogen) atoms. The molecule has 0 radical (unpaired) electrons. The Balaban J connectivity index is 1.23. The van der Waals surface area contributed by atoms with Gasteiger partial charge in [-0.05, 0) is 79.8 Å². The normalized spacial score (nSPS) is 11.8. The van der Waals surface area contributed by atoms with Gasteiger partial charge >= 0.3 is 0 Å². The monoisotopic (exact) mass is 566 g/mol. The Morgan fingerprint density at radius 1 is 0.875 bits per heavy atom. The molecule has 0 bridgehead atoms. The summed E-state index contributed by atoms with van der Waals surface area (Å²) in [5.74, 6) is 1.22. The molecule has 1 atom stereocenters. The van der Waals surface area contributed by atoms with Crippen molar-refractivity contribution in [1.29, 1.82) is 0 Å². The molecule has 0 spiro atoms. The first-order valence-corrected chi connectivity index (χ1v) is 14.6. The zero-order valence-electron chi connectivity index (χ0n) is 23.7. The smallest absolute Gasteiger partial charge is 0.273 e. The largest absolute Gasteiger partial charge is 0.494 e. The molecule has 0 fully saturated rings. The number of amides is 1. The minimum atomic E-state index is -0.433. The number of carbonyl (C=O) groups is 1. The van der Waals surface area contributed by atoms with Gasteiger partial charge < -0.3 is 26.8 Å². The second-order valence-electron chi connectivity index (χ2n) is 10.2. The molecule has 9 heteroatoms. The SMILES string of the molecule is CCC(C)CCc1ccc(CCCOc2ccc(CCCNCCNC(=O)c3nc(Cl)c(N)nc3N)cc2)cc1. The number of hydrogen-bond donors (Lipinski definition) is 4. The van der Waals surface area contributed by atoms with Crippen LogP contribution in [0.1, 0.15) is 66.7 Å². The number of rotatable bonds is 17. The summed E-state index contributed by atoms with van der Waals surface area (Å²) in [7, 11) is 0. The van der Waals surface area contributed by atoms with Gasteiger partial charge in [0, 0.05) is 13.1 Å². The lowest BCUT2D eigenvalue weighted by Gasteiger charge is -2.10. The fourth-order valence-electron chi connectivity index (χ4n) is 4.21. The number of hydrogen-bond acceptors (Lipinski definition) is 7. The van der Waals surface area contributed by atoms with Crippen molar-refractivity contribution in [1.82, 2.24) is 20.6 Å². The standard InChI is InChI=1S/C31H43ClN6O2/c1-3-22(2)8-9-25-12-10-24(11-13-25)7-5-21-40-26-16-14-23(15-17-26)6-4-18-35-19-20-36-31(39)27-29(33)38-30(34)28(32)37-27/h10-17,22,35H,3-9,18-21H2,1-2H3,(H,36,39)(H4,33,34,38). The lowest BCUT2D eigenvalue weighted by Crippen LogP contribution is -2.33. The second-order valence-corrected chi connectivity index (χ2v) is 10.6. The third-order valence-electron chi connectivity index (χ3n) is 6.97. The Morgan fingerprint density at radius 3 is 2.17 bits per heavy atom. The van der Waals surface area contributed by atoms with E-state index in [0.29, 0.717) is 19.7 Å². The van der Waals surface area contributed by atoms with E-state index in [1.165, 1.54) is 36.0 Å². The predicted molar refractivity (Wildman–Crippen MR) is 164 cm³/mol. The zero-order chi connectivity index (χ0) is 28.7. The summed E-state index contributed by atoms with van der Waals surface area (Å²) >= 11 is 5.82. The van der Waals surface area contributed by atoms with Crippen LogP contribution in [0, 0.1) is 5.92 Å². The van der Waals surface area contributed by atoms with Gasteiger partial charge in [0.25, 0.3) is 5.91 Å². The van der Waals surface area contributed by atoms with Gasteiger partial charge in [0.1, 0.15) is 5.75 Å². The van der Waals surface area contributed by atoms with Gasteiger partial charge in [-0.25, -0.2) is 9.97 Å². The highest BCUT2D eigenvalue weighted by atomic mass is 35.5. The van der Waals surface area contributed by atoms with Gasteiger partial charge in [-0.2, -0.15) is 0 Å². The van der Waals surface area contributed by atoms with E-state index >= 15 is 0 Å². The van der Waals surface area contributed by atoms with Crippen LogP contribution in [0.3, 0.4) is 0 Å². The number of ether oxygens (including phenoxy) is 1. The molecule has 0 saturated heterocycles. The third kappa shape index (κ3) is 10.7. The van der Waals surface area contributed by atoms with Crippen molar-refractivity contribution >= 4 is 29.1 Å². The summed E-state index contributed by atoms with van der Waals surface area (Å²) in [6, 6.07) is 17.4. The highest BCUT2D eigenvalue weighted by Crippen LogP contribution is 2.18. The Morgan fingerprint density at radius 2 is 1.50 bits per heavy atom. The number of benzene rings is 2. The molecular weight excluding hydrogens is 524 g/mol. The van der Waals surface area contributed by atoms with E-state index < -0.39 is 5.91 Å². The minimum absolute atomic E-state index is 0.000555. The first-order valence-electron chi connectivity index (χ1n) is 14.2. The zero-order valence-corrected chi connectivity index (χ0v) is 24.5. The van der Waals surface area contributed by atoms with Crippen LogP contribution in [0.5, 0.6) is 5.75 Å². The number of aromatic nitrogens is 2. The van der Waals surface area contributed by atoms with E-state index in [4.69, 9.17) is 27.8 Å². The van der Waals surface area contributed by atoms with Crippen LogP contribution in [-0.2, 0) is 19.3 Å². The van der Waals surface area contributed by atoms with Crippen molar-refractivity contribution < 1.29 is 9.53 Å². The van der Waals surface area contributed by atoms with E-state index in [9.17, 15) is 4.79 Å². The fraction of sp³-hybridized carbons (Fsp3) is 0.452. The summed E-state index contributed by atoms with van der Waals surface area (Å²) in [5, 5.41) is 6.03. The Hall–Kier alpha value is -3.36. The Labute approximate surface area is 243 Å². The average molecular weight is 567 g/mol. The molecule has 1 heterocycles. The van der Waals surface area contributed by atoms with Crippen molar-refractivity contribution in [3.8, 4) is 5.75 Å². The summed E-state index contributed by atoms with van der Waals surface area (Å²) < 4.78 is 5.95. The van der Waals surface area contributed by atoms with E-state index in [-0.39, 0.29) is 22.5 Å². The van der Waals surface area contributed by atoms with Crippen LogP contribution in [0.15, 0.2) is 48.5 Å². The number of nitrogens with two attached hydrogens (primary N) is 2. The Bertz CT molecular complexity index is 1190. The molecule has 216 valence electrons. The van der Waals surface area contributed by atoms with Gasteiger partial charge in [-0.3, -0.25) is 4.79 Å². The first kappa shape index (κ1) is 31.2. The topological polar surface area (TPSA) is 128 Å². The number of nitrogens with zero attached hydrogens (tertiary/aromatic N) is 2. The lowest BCUT2D eigenvalue weighted by atomic mass is 9.98. The number of anilines is 2. The fourth-order valence-corrected chi connectivity index (χ4v) is 4.33. The number of halogens is 1. The average Bonchev–Trinajstić information content (AvgIpc) is 2.96. The first-order chi connectivity index (χ1) is 19.4. The molecule has 0 saturated carbocycles. The highest BCUT2D eigenvalue weighted by molar-refractivity contribution is 6.31. The number of nitrogen functional groups attached to an aromatic ring is 2. The molecule has 1 amide bonds. The van der Waals surface area contributed by atoms with Crippen LogP contribution in [0.4, 0.5) is 11.6 Å². The molecule has 8 nitrogen and oxygen atoms in total. The maximum atomic E-state index is 12.2.